The zero-order chi connectivity index (χ0) is 11.8. The monoisotopic (exact) mass is 215 g/mol. The Balaban J connectivity index is 3.64. The summed E-state index contributed by atoms with van der Waals surface area (Å²) in [6.07, 6.45) is 1.97. The topological polar surface area (TPSA) is 38.3 Å². The molecule has 2 atom stereocenters. The Hall–Kier alpha value is -0.570. The van der Waals surface area contributed by atoms with Gasteiger partial charge in [-0.05, 0) is 32.6 Å². The summed E-state index contributed by atoms with van der Waals surface area (Å²) in [7, 11) is 0. The van der Waals surface area contributed by atoms with E-state index in [1.165, 1.54) is 0 Å². The second-order valence-corrected chi connectivity index (χ2v) is 4.62. The Labute approximate surface area is 93.6 Å². The number of nitrogens with one attached hydrogen (secondary N) is 1. The highest BCUT2D eigenvalue weighted by molar-refractivity contribution is 5.71. The fourth-order valence-corrected chi connectivity index (χ4v) is 1.38. The van der Waals surface area contributed by atoms with Crippen LogP contribution in [0.1, 0.15) is 47.5 Å². The molecule has 0 fully saturated rings. The molecule has 0 rings (SSSR count). The van der Waals surface area contributed by atoms with Crippen LogP contribution in [-0.2, 0) is 9.53 Å². The molecule has 0 amide bonds. The fourth-order valence-electron chi connectivity index (χ4n) is 1.38. The minimum atomic E-state index is -0.150. The average Bonchev–Trinajstić information content (AvgIpc) is 2.12. The molecule has 15 heavy (non-hydrogen) atoms. The van der Waals surface area contributed by atoms with Gasteiger partial charge < -0.3 is 10.1 Å². The lowest BCUT2D eigenvalue weighted by molar-refractivity contribution is -0.147. The van der Waals surface area contributed by atoms with Crippen molar-refractivity contribution in [2.75, 3.05) is 6.54 Å². The van der Waals surface area contributed by atoms with Gasteiger partial charge >= 0.3 is 5.97 Å². The summed E-state index contributed by atoms with van der Waals surface area (Å²) in [4.78, 5) is 11.4. The first-order valence-electron chi connectivity index (χ1n) is 5.88. The maximum absolute atomic E-state index is 11.4. The van der Waals surface area contributed by atoms with Crippen LogP contribution in [0.3, 0.4) is 0 Å². The van der Waals surface area contributed by atoms with Crippen LogP contribution in [-0.4, -0.2) is 24.7 Å². The zero-order valence-electron chi connectivity index (χ0n) is 10.7. The molecule has 90 valence electrons. The quantitative estimate of drug-likeness (QED) is 0.662. The first kappa shape index (κ1) is 14.4. The molecular formula is C12H25NO2. The van der Waals surface area contributed by atoms with Gasteiger partial charge in [0.15, 0.2) is 0 Å². The Morgan fingerprint density at radius 1 is 1.27 bits per heavy atom. The highest BCUT2D eigenvalue weighted by Crippen LogP contribution is 2.07. The van der Waals surface area contributed by atoms with Crippen molar-refractivity contribution in [2.45, 2.75) is 59.6 Å². The van der Waals surface area contributed by atoms with E-state index in [1.54, 1.807) is 0 Å². The van der Waals surface area contributed by atoms with Crippen LogP contribution in [0.25, 0.3) is 0 Å². The van der Waals surface area contributed by atoms with E-state index in [-0.39, 0.29) is 12.1 Å². The van der Waals surface area contributed by atoms with Crippen LogP contribution in [0.2, 0.25) is 0 Å². The van der Waals surface area contributed by atoms with Crippen molar-refractivity contribution in [2.24, 2.45) is 5.92 Å². The van der Waals surface area contributed by atoms with Gasteiger partial charge in [-0.15, -0.1) is 0 Å². The molecule has 0 radical (unpaired) electrons. The van der Waals surface area contributed by atoms with Crippen LogP contribution in [0, 0.1) is 5.92 Å². The minimum absolute atomic E-state index is 0.0243. The molecule has 1 N–H and O–H groups in total. The molecule has 0 bridgehead atoms. The van der Waals surface area contributed by atoms with Gasteiger partial charge in [0.25, 0.3) is 0 Å². The van der Waals surface area contributed by atoms with Crippen molar-refractivity contribution < 1.29 is 9.53 Å². The average molecular weight is 215 g/mol. The number of hydrogen-bond donors (Lipinski definition) is 1. The Kier molecular flexibility index (Phi) is 7.39. The van der Waals surface area contributed by atoms with Crippen molar-refractivity contribution in [1.29, 1.82) is 0 Å². The predicted molar refractivity (Wildman–Crippen MR) is 62.8 cm³/mol. The van der Waals surface area contributed by atoms with Crippen LogP contribution < -0.4 is 5.32 Å². The Bertz CT molecular complexity index is 180. The third-order valence-corrected chi connectivity index (χ3v) is 2.34. The molecular weight excluding hydrogens is 190 g/mol. The van der Waals surface area contributed by atoms with Gasteiger partial charge in [0.1, 0.15) is 0 Å². The summed E-state index contributed by atoms with van der Waals surface area (Å²) in [6.45, 7) is 10.7. The smallest absolute Gasteiger partial charge is 0.320 e. The second-order valence-electron chi connectivity index (χ2n) is 4.62. The van der Waals surface area contributed by atoms with E-state index in [0.717, 1.165) is 12.8 Å². The molecule has 0 saturated heterocycles. The maximum atomic E-state index is 11.4. The standard InChI is InChI=1S/C12H25NO2/c1-6-10(4)13-8-12(14)15-11(5)7-9(2)3/h9-11,13H,6-8H2,1-5H3. The molecule has 0 saturated carbocycles. The van der Waals surface area contributed by atoms with E-state index in [9.17, 15) is 4.79 Å². The normalized spacial score (nSPS) is 15.1. The van der Waals surface area contributed by atoms with Gasteiger partial charge in [0.2, 0.25) is 0 Å². The second kappa shape index (κ2) is 7.69. The molecule has 0 aliphatic rings. The number of esters is 1. The van der Waals surface area contributed by atoms with E-state index in [4.69, 9.17) is 4.74 Å². The van der Waals surface area contributed by atoms with Gasteiger partial charge in [0, 0.05) is 6.04 Å². The number of carbonyl (C=O) groups excluding carboxylic acids is 1. The summed E-state index contributed by atoms with van der Waals surface area (Å²) in [5.74, 6) is 0.416. The van der Waals surface area contributed by atoms with E-state index >= 15 is 0 Å². The number of ether oxygens (including phenoxy) is 1. The van der Waals surface area contributed by atoms with Gasteiger partial charge in [-0.2, -0.15) is 0 Å². The van der Waals surface area contributed by atoms with Crippen LogP contribution in [0.15, 0.2) is 0 Å². The molecule has 2 unspecified atom stereocenters. The molecule has 0 aromatic heterocycles. The molecule has 0 aliphatic carbocycles. The van der Waals surface area contributed by atoms with Crippen LogP contribution in [0.4, 0.5) is 0 Å². The molecule has 3 heteroatoms. The van der Waals surface area contributed by atoms with Gasteiger partial charge in [0.05, 0.1) is 12.6 Å². The van der Waals surface area contributed by atoms with Gasteiger partial charge in [-0.3, -0.25) is 4.79 Å². The van der Waals surface area contributed by atoms with Gasteiger partial charge in [-0.25, -0.2) is 0 Å². The number of carbonyl (C=O) groups is 1. The Morgan fingerprint density at radius 3 is 2.33 bits per heavy atom. The SMILES string of the molecule is CCC(C)NCC(=O)OC(C)CC(C)C. The minimum Gasteiger partial charge on any atom is -0.462 e. The predicted octanol–water partition coefficient (Wildman–Crippen LogP) is 2.35. The summed E-state index contributed by atoms with van der Waals surface area (Å²) < 4.78 is 5.25. The summed E-state index contributed by atoms with van der Waals surface area (Å²) in [6, 6.07) is 0.373. The van der Waals surface area contributed by atoms with Crippen LogP contribution >= 0.6 is 0 Å². The van der Waals surface area contributed by atoms with Crippen molar-refractivity contribution in [3.63, 3.8) is 0 Å². The van der Waals surface area contributed by atoms with E-state index in [2.05, 4.69) is 33.0 Å². The highest BCUT2D eigenvalue weighted by atomic mass is 16.5. The maximum Gasteiger partial charge on any atom is 0.320 e. The molecule has 0 heterocycles. The summed E-state index contributed by atoms with van der Waals surface area (Å²) in [5.41, 5.74) is 0. The molecule has 0 spiro atoms. The van der Waals surface area contributed by atoms with Crippen molar-refractivity contribution in [3.8, 4) is 0 Å². The van der Waals surface area contributed by atoms with Crippen molar-refractivity contribution in [3.05, 3.63) is 0 Å². The summed E-state index contributed by atoms with van der Waals surface area (Å²) >= 11 is 0. The van der Waals surface area contributed by atoms with Crippen molar-refractivity contribution >= 4 is 5.97 Å². The number of hydrogen-bond acceptors (Lipinski definition) is 3. The lowest BCUT2D eigenvalue weighted by Crippen LogP contribution is -2.33. The zero-order valence-corrected chi connectivity index (χ0v) is 10.7. The third-order valence-electron chi connectivity index (χ3n) is 2.34. The number of rotatable bonds is 7. The lowest BCUT2D eigenvalue weighted by atomic mass is 10.1. The molecule has 0 aliphatic heterocycles. The van der Waals surface area contributed by atoms with E-state index in [1.807, 2.05) is 6.92 Å². The molecule has 0 aromatic rings. The highest BCUT2D eigenvalue weighted by Gasteiger charge is 2.11. The first-order valence-corrected chi connectivity index (χ1v) is 5.88. The van der Waals surface area contributed by atoms with Crippen LogP contribution in [0.5, 0.6) is 0 Å². The fraction of sp³-hybridized carbons (Fsp3) is 0.917. The molecule has 0 aromatic carbocycles. The summed E-state index contributed by atoms with van der Waals surface area (Å²) in [5, 5.41) is 3.12. The lowest BCUT2D eigenvalue weighted by Gasteiger charge is -2.16. The first-order chi connectivity index (χ1) is 6.95. The Morgan fingerprint density at radius 2 is 1.87 bits per heavy atom. The largest absolute Gasteiger partial charge is 0.462 e. The van der Waals surface area contributed by atoms with Crippen molar-refractivity contribution in [1.82, 2.24) is 5.32 Å². The third kappa shape index (κ3) is 8.43. The van der Waals surface area contributed by atoms with E-state index < -0.39 is 0 Å². The van der Waals surface area contributed by atoms with Gasteiger partial charge in [-0.1, -0.05) is 20.8 Å². The molecule has 3 nitrogen and oxygen atoms in total. The van der Waals surface area contributed by atoms with E-state index in [0.29, 0.717) is 18.5 Å².